The summed E-state index contributed by atoms with van der Waals surface area (Å²) in [5.41, 5.74) is 0. The molecule has 14 heavy (non-hydrogen) atoms. The summed E-state index contributed by atoms with van der Waals surface area (Å²) in [6.45, 7) is 0. The third-order valence-electron chi connectivity index (χ3n) is 3.00. The molecule has 0 spiro atoms. The van der Waals surface area contributed by atoms with Crippen LogP contribution >= 0.6 is 0 Å². The first kappa shape index (κ1) is 11.2. The van der Waals surface area contributed by atoms with Crippen LogP contribution in [0.2, 0.25) is 0 Å². The first-order chi connectivity index (χ1) is 6.65. The maximum Gasteiger partial charge on any atom is 0.303 e. The molecule has 0 aromatic rings. The van der Waals surface area contributed by atoms with Gasteiger partial charge in [0.25, 0.3) is 0 Å². The van der Waals surface area contributed by atoms with E-state index in [0.29, 0.717) is 19.3 Å². The average Bonchev–Trinajstić information content (AvgIpc) is 2.45. The Hall–Kier alpha value is -0.900. The third-order valence-corrected chi connectivity index (χ3v) is 3.00. The molecule has 1 aliphatic rings. The lowest BCUT2D eigenvalue weighted by Gasteiger charge is -2.19. The largest absolute Gasteiger partial charge is 0.481 e. The Labute approximate surface area is 82.9 Å². The lowest BCUT2D eigenvalue weighted by Crippen LogP contribution is -2.22. The maximum atomic E-state index is 10.5. The average molecular weight is 200 g/mol. The van der Waals surface area contributed by atoms with E-state index >= 15 is 0 Å². The predicted octanol–water partition coefficient (Wildman–Crippen LogP) is 0.827. The maximum absolute atomic E-state index is 10.5. The highest BCUT2D eigenvalue weighted by molar-refractivity contribution is 5.67. The van der Waals surface area contributed by atoms with Crippen LogP contribution in [-0.4, -0.2) is 28.6 Å². The highest BCUT2D eigenvalue weighted by Gasteiger charge is 2.35. The number of carbonyl (C=O) groups excluding carboxylic acids is 1. The number of hydrogen-bond donors (Lipinski definition) is 2. The van der Waals surface area contributed by atoms with Crippen LogP contribution in [0.5, 0.6) is 0 Å². The van der Waals surface area contributed by atoms with Gasteiger partial charge in [0.15, 0.2) is 0 Å². The van der Waals surface area contributed by atoms with E-state index in [2.05, 4.69) is 0 Å². The van der Waals surface area contributed by atoms with Crippen molar-refractivity contribution < 1.29 is 19.8 Å². The number of aliphatic carboxylic acids is 1. The number of aldehydes is 1. The van der Waals surface area contributed by atoms with E-state index < -0.39 is 12.1 Å². The van der Waals surface area contributed by atoms with Crippen molar-refractivity contribution >= 4 is 12.3 Å². The highest BCUT2D eigenvalue weighted by atomic mass is 16.4. The van der Waals surface area contributed by atoms with Gasteiger partial charge >= 0.3 is 5.97 Å². The van der Waals surface area contributed by atoms with Gasteiger partial charge in [0.2, 0.25) is 0 Å². The number of carboxylic acids is 1. The lowest BCUT2D eigenvalue weighted by atomic mass is 9.88. The minimum absolute atomic E-state index is 0.0185. The van der Waals surface area contributed by atoms with Crippen molar-refractivity contribution in [3.05, 3.63) is 0 Å². The Bertz CT molecular complexity index is 214. The van der Waals surface area contributed by atoms with Crippen LogP contribution in [0.3, 0.4) is 0 Å². The molecule has 2 N–H and O–H groups in total. The summed E-state index contributed by atoms with van der Waals surface area (Å²) in [7, 11) is 0. The van der Waals surface area contributed by atoms with Gasteiger partial charge in [0, 0.05) is 6.42 Å². The molecule has 0 heterocycles. The zero-order chi connectivity index (χ0) is 10.6. The topological polar surface area (TPSA) is 74.6 Å². The highest BCUT2D eigenvalue weighted by Crippen LogP contribution is 2.37. The van der Waals surface area contributed by atoms with Gasteiger partial charge in [-0.1, -0.05) is 0 Å². The van der Waals surface area contributed by atoms with Crippen LogP contribution in [0.15, 0.2) is 0 Å². The Morgan fingerprint density at radius 3 is 2.71 bits per heavy atom. The van der Waals surface area contributed by atoms with Gasteiger partial charge in [-0.05, 0) is 31.1 Å². The van der Waals surface area contributed by atoms with Crippen molar-refractivity contribution in [2.24, 2.45) is 11.8 Å². The summed E-state index contributed by atoms with van der Waals surface area (Å²) in [6.07, 6.45) is 3.05. The van der Waals surface area contributed by atoms with Crippen LogP contribution < -0.4 is 0 Å². The van der Waals surface area contributed by atoms with Crippen LogP contribution in [0.4, 0.5) is 0 Å². The van der Waals surface area contributed by atoms with Crippen LogP contribution in [0.25, 0.3) is 0 Å². The molecule has 4 heteroatoms. The first-order valence-electron chi connectivity index (χ1n) is 4.98. The molecule has 1 rings (SSSR count). The van der Waals surface area contributed by atoms with E-state index in [1.807, 2.05) is 0 Å². The summed E-state index contributed by atoms with van der Waals surface area (Å²) in [4.78, 5) is 20.7. The van der Waals surface area contributed by atoms with Gasteiger partial charge in [-0.3, -0.25) is 4.79 Å². The van der Waals surface area contributed by atoms with Gasteiger partial charge < -0.3 is 15.0 Å². The van der Waals surface area contributed by atoms with Crippen LogP contribution in [0.1, 0.15) is 32.1 Å². The SMILES string of the molecule is O=CCCC1CCC(O)C1CC(=O)O. The Kier molecular flexibility index (Phi) is 4.07. The van der Waals surface area contributed by atoms with E-state index in [4.69, 9.17) is 5.11 Å². The first-order valence-corrected chi connectivity index (χ1v) is 4.98. The van der Waals surface area contributed by atoms with Gasteiger partial charge in [0.1, 0.15) is 6.29 Å². The Morgan fingerprint density at radius 2 is 2.14 bits per heavy atom. The number of aliphatic hydroxyl groups is 1. The molecule has 1 fully saturated rings. The van der Waals surface area contributed by atoms with E-state index in [9.17, 15) is 14.7 Å². The molecule has 0 aliphatic heterocycles. The molecular formula is C10H16O4. The summed E-state index contributed by atoms with van der Waals surface area (Å²) >= 11 is 0. The van der Waals surface area contributed by atoms with E-state index in [1.165, 1.54) is 0 Å². The molecule has 0 radical (unpaired) electrons. The van der Waals surface area contributed by atoms with Gasteiger partial charge in [-0.15, -0.1) is 0 Å². The number of carboxylic acid groups (broad SMARTS) is 1. The summed E-state index contributed by atoms with van der Waals surface area (Å²) in [5, 5.41) is 18.2. The molecule has 3 unspecified atom stereocenters. The fraction of sp³-hybridized carbons (Fsp3) is 0.800. The smallest absolute Gasteiger partial charge is 0.303 e. The second-order valence-electron chi connectivity index (χ2n) is 3.91. The molecule has 0 amide bonds. The summed E-state index contributed by atoms with van der Waals surface area (Å²) in [5.74, 6) is -0.828. The molecule has 3 atom stereocenters. The Balaban J connectivity index is 2.47. The van der Waals surface area contributed by atoms with Crippen molar-refractivity contribution in [1.29, 1.82) is 0 Å². The second-order valence-corrected chi connectivity index (χ2v) is 3.91. The fourth-order valence-electron chi connectivity index (χ4n) is 2.27. The number of carbonyl (C=O) groups is 2. The van der Waals surface area contributed by atoms with Crippen LogP contribution in [-0.2, 0) is 9.59 Å². The standard InChI is InChI=1S/C10H16O4/c11-5-1-2-7-3-4-9(12)8(7)6-10(13)14/h5,7-9,12H,1-4,6H2,(H,13,14). The molecule has 1 saturated carbocycles. The van der Waals surface area contributed by atoms with E-state index in [1.54, 1.807) is 0 Å². The molecule has 1 aliphatic carbocycles. The monoisotopic (exact) mass is 200 g/mol. The van der Waals surface area contributed by atoms with E-state index in [0.717, 1.165) is 12.7 Å². The van der Waals surface area contributed by atoms with Crippen molar-refractivity contribution in [3.63, 3.8) is 0 Å². The number of aliphatic hydroxyl groups excluding tert-OH is 1. The minimum atomic E-state index is -0.868. The van der Waals surface area contributed by atoms with Crippen molar-refractivity contribution in [2.45, 2.75) is 38.2 Å². The van der Waals surface area contributed by atoms with Gasteiger partial charge in [-0.2, -0.15) is 0 Å². The molecular weight excluding hydrogens is 184 g/mol. The normalized spacial score (nSPS) is 31.6. The lowest BCUT2D eigenvalue weighted by molar-refractivity contribution is -0.139. The number of hydrogen-bond acceptors (Lipinski definition) is 3. The van der Waals surface area contributed by atoms with Gasteiger partial charge in [0.05, 0.1) is 12.5 Å². The van der Waals surface area contributed by atoms with Crippen molar-refractivity contribution in [3.8, 4) is 0 Å². The third kappa shape index (κ3) is 2.80. The van der Waals surface area contributed by atoms with E-state index in [-0.39, 0.29) is 18.3 Å². The number of rotatable bonds is 5. The van der Waals surface area contributed by atoms with Crippen molar-refractivity contribution in [2.75, 3.05) is 0 Å². The molecule has 80 valence electrons. The minimum Gasteiger partial charge on any atom is -0.481 e. The molecule has 0 aromatic heterocycles. The zero-order valence-corrected chi connectivity index (χ0v) is 8.06. The van der Waals surface area contributed by atoms with Crippen LogP contribution in [0, 0.1) is 11.8 Å². The fourth-order valence-corrected chi connectivity index (χ4v) is 2.27. The summed E-state index contributed by atoms with van der Waals surface area (Å²) in [6, 6.07) is 0. The predicted molar refractivity (Wildman–Crippen MR) is 49.8 cm³/mol. The zero-order valence-electron chi connectivity index (χ0n) is 8.06. The summed E-state index contributed by atoms with van der Waals surface area (Å²) < 4.78 is 0. The van der Waals surface area contributed by atoms with Crippen molar-refractivity contribution in [1.82, 2.24) is 0 Å². The molecule has 0 saturated heterocycles. The molecule has 0 aromatic carbocycles. The second kappa shape index (κ2) is 5.10. The quantitative estimate of drug-likeness (QED) is 0.644. The molecule has 4 nitrogen and oxygen atoms in total. The molecule has 0 bridgehead atoms. The Morgan fingerprint density at radius 1 is 1.43 bits per heavy atom. The van der Waals surface area contributed by atoms with Gasteiger partial charge in [-0.25, -0.2) is 0 Å².